The summed E-state index contributed by atoms with van der Waals surface area (Å²) in [5, 5.41) is 23.3. The third kappa shape index (κ3) is 1.49. The third-order valence-corrected chi connectivity index (χ3v) is 3.07. The van der Waals surface area contributed by atoms with E-state index in [4.69, 9.17) is 0 Å². The highest BCUT2D eigenvalue weighted by Crippen LogP contribution is 2.30. The second-order valence-corrected chi connectivity index (χ2v) is 4.32. The first-order chi connectivity index (χ1) is 8.16. The van der Waals surface area contributed by atoms with Gasteiger partial charge in [-0.05, 0) is 6.92 Å². The van der Waals surface area contributed by atoms with Gasteiger partial charge in [0.05, 0.1) is 17.9 Å². The molecule has 6 heteroatoms. The molecule has 1 aliphatic carbocycles. The molecule has 1 aliphatic rings. The van der Waals surface area contributed by atoms with Crippen molar-refractivity contribution in [1.82, 2.24) is 20.4 Å². The second-order valence-electron chi connectivity index (χ2n) is 4.32. The molecular formula is C11H12N4O2. The zero-order valence-corrected chi connectivity index (χ0v) is 9.32. The SMILES string of the molecule is Cc1[nH]ncc1-c1n[nH]c2c1C(=O)CC(O)C2. The van der Waals surface area contributed by atoms with E-state index in [-0.39, 0.29) is 12.2 Å². The Bertz CT molecular complexity index is 584. The molecule has 0 saturated heterocycles. The van der Waals surface area contributed by atoms with Crippen LogP contribution in [0.15, 0.2) is 6.20 Å². The lowest BCUT2D eigenvalue weighted by Crippen LogP contribution is -2.23. The minimum atomic E-state index is -0.603. The maximum absolute atomic E-state index is 11.9. The van der Waals surface area contributed by atoms with E-state index in [0.717, 1.165) is 11.3 Å². The van der Waals surface area contributed by atoms with E-state index in [1.165, 1.54) is 0 Å². The highest BCUT2D eigenvalue weighted by Gasteiger charge is 2.30. The average Bonchev–Trinajstić information content (AvgIpc) is 2.83. The van der Waals surface area contributed by atoms with Crippen LogP contribution in [-0.4, -0.2) is 37.4 Å². The van der Waals surface area contributed by atoms with E-state index in [2.05, 4.69) is 20.4 Å². The number of aliphatic hydroxyl groups excluding tert-OH is 1. The Hall–Kier alpha value is -1.95. The van der Waals surface area contributed by atoms with Gasteiger partial charge in [-0.1, -0.05) is 0 Å². The number of ketones is 1. The number of aromatic amines is 2. The molecule has 3 rings (SSSR count). The summed E-state index contributed by atoms with van der Waals surface area (Å²) in [6.45, 7) is 1.88. The standard InChI is InChI=1S/C11H12N4O2/c1-5-7(4-12-13-5)11-10-8(14-15-11)2-6(16)3-9(10)17/h4,6,16H,2-3H2,1H3,(H,12,13)(H,14,15). The van der Waals surface area contributed by atoms with Gasteiger partial charge in [-0.3, -0.25) is 15.0 Å². The van der Waals surface area contributed by atoms with Crippen molar-refractivity contribution in [2.24, 2.45) is 0 Å². The highest BCUT2D eigenvalue weighted by atomic mass is 16.3. The molecule has 6 nitrogen and oxygen atoms in total. The molecule has 3 N–H and O–H groups in total. The van der Waals surface area contributed by atoms with Crippen LogP contribution in [0.4, 0.5) is 0 Å². The molecule has 17 heavy (non-hydrogen) atoms. The highest BCUT2D eigenvalue weighted by molar-refractivity contribution is 6.03. The first-order valence-electron chi connectivity index (χ1n) is 5.45. The smallest absolute Gasteiger partial charge is 0.169 e. The number of fused-ring (bicyclic) bond motifs is 1. The van der Waals surface area contributed by atoms with E-state index < -0.39 is 6.10 Å². The quantitative estimate of drug-likeness (QED) is 0.671. The fourth-order valence-corrected chi connectivity index (χ4v) is 2.23. The van der Waals surface area contributed by atoms with Gasteiger partial charge in [0.2, 0.25) is 0 Å². The largest absolute Gasteiger partial charge is 0.392 e. The van der Waals surface area contributed by atoms with Crippen LogP contribution in [0.1, 0.15) is 28.2 Å². The molecule has 2 heterocycles. The van der Waals surface area contributed by atoms with Crippen molar-refractivity contribution in [3.63, 3.8) is 0 Å². The number of rotatable bonds is 1. The van der Waals surface area contributed by atoms with Crippen LogP contribution in [0.2, 0.25) is 0 Å². The number of H-pyrrole nitrogens is 2. The first-order valence-corrected chi connectivity index (χ1v) is 5.45. The van der Waals surface area contributed by atoms with E-state index in [1.54, 1.807) is 6.20 Å². The molecule has 0 bridgehead atoms. The average molecular weight is 232 g/mol. The van der Waals surface area contributed by atoms with Gasteiger partial charge < -0.3 is 5.11 Å². The van der Waals surface area contributed by atoms with Crippen LogP contribution in [0.3, 0.4) is 0 Å². The predicted octanol–water partition coefficient (Wildman–Crippen LogP) is 0.598. The molecule has 2 aromatic heterocycles. The molecule has 0 saturated carbocycles. The number of carbonyl (C=O) groups is 1. The summed E-state index contributed by atoms with van der Waals surface area (Å²) in [4.78, 5) is 11.9. The maximum atomic E-state index is 11.9. The molecule has 0 radical (unpaired) electrons. The van der Waals surface area contributed by atoms with E-state index in [1.807, 2.05) is 6.92 Å². The van der Waals surface area contributed by atoms with Gasteiger partial charge >= 0.3 is 0 Å². The normalized spacial score (nSPS) is 19.4. The summed E-state index contributed by atoms with van der Waals surface area (Å²) < 4.78 is 0. The van der Waals surface area contributed by atoms with Crippen molar-refractivity contribution in [3.05, 3.63) is 23.1 Å². The topological polar surface area (TPSA) is 94.7 Å². The summed E-state index contributed by atoms with van der Waals surface area (Å²) in [7, 11) is 0. The zero-order chi connectivity index (χ0) is 12.0. The molecule has 1 unspecified atom stereocenters. The lowest BCUT2D eigenvalue weighted by atomic mass is 9.91. The van der Waals surface area contributed by atoms with Gasteiger partial charge in [-0.2, -0.15) is 10.2 Å². The molecule has 1 atom stereocenters. The zero-order valence-electron chi connectivity index (χ0n) is 9.32. The Morgan fingerprint density at radius 1 is 1.41 bits per heavy atom. The van der Waals surface area contributed by atoms with Crippen molar-refractivity contribution < 1.29 is 9.90 Å². The van der Waals surface area contributed by atoms with Crippen LogP contribution in [0, 0.1) is 6.92 Å². The number of aryl methyl sites for hydroxylation is 1. The molecule has 0 spiro atoms. The second kappa shape index (κ2) is 3.53. The summed E-state index contributed by atoms with van der Waals surface area (Å²) in [5.74, 6) is -0.0666. The van der Waals surface area contributed by atoms with Crippen molar-refractivity contribution in [3.8, 4) is 11.3 Å². The summed E-state index contributed by atoms with van der Waals surface area (Å²) in [5.41, 5.74) is 3.64. The number of carbonyl (C=O) groups excluding carboxylic acids is 1. The molecular weight excluding hydrogens is 220 g/mol. The minimum Gasteiger partial charge on any atom is -0.392 e. The van der Waals surface area contributed by atoms with Crippen molar-refractivity contribution in [2.75, 3.05) is 0 Å². The van der Waals surface area contributed by atoms with E-state index in [9.17, 15) is 9.90 Å². The number of nitrogens with zero attached hydrogens (tertiary/aromatic N) is 2. The third-order valence-electron chi connectivity index (χ3n) is 3.07. The van der Waals surface area contributed by atoms with Crippen LogP contribution < -0.4 is 0 Å². The lowest BCUT2D eigenvalue weighted by molar-refractivity contribution is 0.0852. The fraction of sp³-hybridized carbons (Fsp3) is 0.364. The van der Waals surface area contributed by atoms with Crippen molar-refractivity contribution >= 4 is 5.78 Å². The van der Waals surface area contributed by atoms with Gasteiger partial charge in [-0.25, -0.2) is 0 Å². The number of hydrogen-bond acceptors (Lipinski definition) is 4. The minimum absolute atomic E-state index is 0.0666. The Labute approximate surface area is 97.1 Å². The fourth-order valence-electron chi connectivity index (χ4n) is 2.23. The van der Waals surface area contributed by atoms with Crippen LogP contribution in [0.5, 0.6) is 0 Å². The number of Topliss-reactive ketones (excluding diaryl/α,β-unsaturated/α-hetero) is 1. The van der Waals surface area contributed by atoms with Gasteiger partial charge in [0.15, 0.2) is 5.78 Å². The van der Waals surface area contributed by atoms with E-state index >= 15 is 0 Å². The predicted molar refractivity (Wildman–Crippen MR) is 59.6 cm³/mol. The summed E-state index contributed by atoms with van der Waals surface area (Å²) in [6.07, 6.45) is 1.67. The van der Waals surface area contributed by atoms with Crippen LogP contribution in [0.25, 0.3) is 11.3 Å². The Kier molecular flexibility index (Phi) is 2.12. The Morgan fingerprint density at radius 2 is 2.24 bits per heavy atom. The number of aromatic nitrogens is 4. The summed E-state index contributed by atoms with van der Waals surface area (Å²) in [6, 6.07) is 0. The van der Waals surface area contributed by atoms with Crippen molar-refractivity contribution in [2.45, 2.75) is 25.9 Å². The number of aliphatic hydroxyl groups is 1. The molecule has 0 aromatic carbocycles. The molecule has 0 aliphatic heterocycles. The maximum Gasteiger partial charge on any atom is 0.169 e. The van der Waals surface area contributed by atoms with E-state index in [0.29, 0.717) is 23.4 Å². The molecule has 2 aromatic rings. The number of hydrogen-bond donors (Lipinski definition) is 3. The van der Waals surface area contributed by atoms with Gasteiger partial charge in [0, 0.05) is 29.8 Å². The van der Waals surface area contributed by atoms with Crippen molar-refractivity contribution in [1.29, 1.82) is 0 Å². The van der Waals surface area contributed by atoms with Crippen LogP contribution in [-0.2, 0) is 6.42 Å². The first kappa shape index (κ1) is 10.2. The summed E-state index contributed by atoms with van der Waals surface area (Å²) >= 11 is 0. The van der Waals surface area contributed by atoms with Gasteiger partial charge in [-0.15, -0.1) is 0 Å². The number of nitrogens with one attached hydrogen (secondary N) is 2. The molecule has 0 amide bonds. The Balaban J connectivity index is 2.16. The lowest BCUT2D eigenvalue weighted by Gasteiger charge is -2.15. The van der Waals surface area contributed by atoms with Crippen LogP contribution >= 0.6 is 0 Å². The molecule has 88 valence electrons. The monoisotopic (exact) mass is 232 g/mol. The molecule has 0 fully saturated rings. The van der Waals surface area contributed by atoms with Gasteiger partial charge in [0.25, 0.3) is 0 Å². The van der Waals surface area contributed by atoms with Gasteiger partial charge in [0.1, 0.15) is 5.69 Å². The Morgan fingerprint density at radius 3 is 2.94 bits per heavy atom.